The van der Waals surface area contributed by atoms with E-state index in [9.17, 15) is 0 Å². The van der Waals surface area contributed by atoms with Crippen LogP contribution in [0.1, 0.15) is 12.8 Å². The number of hydrogen-bond donors (Lipinski definition) is 2. The fraction of sp³-hybridized carbons (Fsp3) is 0.714. The second kappa shape index (κ2) is 9.26. The Morgan fingerprint density at radius 2 is 1.73 bits per heavy atom. The Balaban J connectivity index is 3.09. The second-order valence-electron chi connectivity index (χ2n) is 2.07. The molecular formula is C7H16N4. The highest BCUT2D eigenvalue weighted by atomic mass is 14.8. The Kier molecular flexibility index (Phi) is 8.64. The Hall–Kier alpha value is -0.740. The average Bonchev–Trinajstić information content (AvgIpc) is 2.03. The first kappa shape index (κ1) is 10.3. The molecule has 4 nitrogen and oxygen atoms in total. The topological polar surface area (TPSA) is 76.8 Å². The molecule has 0 radical (unpaired) electrons. The molecule has 64 valence electrons. The van der Waals surface area contributed by atoms with Crippen molar-refractivity contribution in [3.8, 4) is 0 Å². The predicted octanol–water partition coefficient (Wildman–Crippen LogP) is -0.217. The minimum Gasteiger partial charge on any atom is -0.330 e. The van der Waals surface area contributed by atoms with Crippen LogP contribution in [0.15, 0.2) is 9.98 Å². The molecule has 0 saturated heterocycles. The molecule has 0 spiro atoms. The van der Waals surface area contributed by atoms with E-state index in [-0.39, 0.29) is 0 Å². The SMILES string of the molecule is NCCCCN=C/C=N/CN. The number of aliphatic imine (C=N–C) groups is 2. The van der Waals surface area contributed by atoms with Crippen molar-refractivity contribution in [3.05, 3.63) is 0 Å². The summed E-state index contributed by atoms with van der Waals surface area (Å²) in [7, 11) is 0. The third-order valence-electron chi connectivity index (χ3n) is 1.12. The standard InChI is InChI=1S/C7H16N4/c8-3-1-2-4-10-5-6-11-7-9/h5-6H,1-4,7-9H2/b10-5?,11-6+. The molecule has 0 aromatic heterocycles. The highest BCUT2D eigenvalue weighted by Gasteiger charge is 1.79. The van der Waals surface area contributed by atoms with Gasteiger partial charge in [0.15, 0.2) is 0 Å². The van der Waals surface area contributed by atoms with Gasteiger partial charge in [-0.1, -0.05) is 0 Å². The Bertz CT molecular complexity index is 120. The number of nitrogens with two attached hydrogens (primary N) is 2. The fourth-order valence-corrected chi connectivity index (χ4v) is 0.577. The summed E-state index contributed by atoms with van der Waals surface area (Å²) in [6.45, 7) is 1.90. The first-order chi connectivity index (χ1) is 5.41. The van der Waals surface area contributed by atoms with E-state index in [2.05, 4.69) is 9.98 Å². The number of nitrogens with zero attached hydrogens (tertiary/aromatic N) is 2. The van der Waals surface area contributed by atoms with E-state index >= 15 is 0 Å². The fourth-order valence-electron chi connectivity index (χ4n) is 0.577. The predicted molar refractivity (Wildman–Crippen MR) is 49.2 cm³/mol. The van der Waals surface area contributed by atoms with Crippen molar-refractivity contribution in [3.63, 3.8) is 0 Å². The summed E-state index contributed by atoms with van der Waals surface area (Å²) < 4.78 is 0. The van der Waals surface area contributed by atoms with Crippen molar-refractivity contribution in [2.75, 3.05) is 19.8 Å². The van der Waals surface area contributed by atoms with E-state index in [1.165, 1.54) is 0 Å². The Labute approximate surface area is 67.4 Å². The van der Waals surface area contributed by atoms with E-state index in [1.54, 1.807) is 12.4 Å². The summed E-state index contributed by atoms with van der Waals surface area (Å²) in [5.74, 6) is 0. The molecular weight excluding hydrogens is 140 g/mol. The zero-order chi connectivity index (χ0) is 8.36. The molecule has 0 fully saturated rings. The lowest BCUT2D eigenvalue weighted by molar-refractivity contribution is 0.758. The van der Waals surface area contributed by atoms with Gasteiger partial charge in [0.25, 0.3) is 0 Å². The zero-order valence-corrected chi connectivity index (χ0v) is 6.74. The summed E-state index contributed by atoms with van der Waals surface area (Å²) in [5.41, 5.74) is 10.4. The largest absolute Gasteiger partial charge is 0.330 e. The van der Waals surface area contributed by atoms with Gasteiger partial charge in [-0.15, -0.1) is 0 Å². The van der Waals surface area contributed by atoms with Crippen molar-refractivity contribution in [2.24, 2.45) is 21.5 Å². The van der Waals surface area contributed by atoms with E-state index in [4.69, 9.17) is 11.5 Å². The summed E-state index contributed by atoms with van der Waals surface area (Å²) in [6, 6.07) is 0. The normalized spacial score (nSPS) is 11.8. The highest BCUT2D eigenvalue weighted by molar-refractivity contribution is 6.15. The number of unbranched alkanes of at least 4 members (excludes halogenated alkanes) is 1. The van der Waals surface area contributed by atoms with E-state index < -0.39 is 0 Å². The molecule has 0 atom stereocenters. The molecule has 0 aliphatic heterocycles. The van der Waals surface area contributed by atoms with Crippen molar-refractivity contribution >= 4 is 12.4 Å². The van der Waals surface area contributed by atoms with Crippen molar-refractivity contribution in [2.45, 2.75) is 12.8 Å². The van der Waals surface area contributed by atoms with Crippen LogP contribution < -0.4 is 11.5 Å². The van der Waals surface area contributed by atoms with Crippen LogP contribution in [0.2, 0.25) is 0 Å². The van der Waals surface area contributed by atoms with Crippen LogP contribution in [0, 0.1) is 0 Å². The lowest BCUT2D eigenvalue weighted by atomic mass is 10.3. The minimum atomic E-state index is 0.328. The molecule has 4 N–H and O–H groups in total. The molecule has 0 rings (SSSR count). The summed E-state index contributed by atoms with van der Waals surface area (Å²) in [5, 5.41) is 0. The Morgan fingerprint density at radius 1 is 1.00 bits per heavy atom. The van der Waals surface area contributed by atoms with Gasteiger partial charge in [-0.05, 0) is 19.4 Å². The van der Waals surface area contributed by atoms with Gasteiger partial charge in [0.2, 0.25) is 0 Å². The van der Waals surface area contributed by atoms with Crippen LogP contribution in [-0.4, -0.2) is 32.2 Å². The smallest absolute Gasteiger partial charge is 0.0860 e. The maximum Gasteiger partial charge on any atom is 0.0860 e. The van der Waals surface area contributed by atoms with Crippen LogP contribution in [0.5, 0.6) is 0 Å². The maximum absolute atomic E-state index is 5.30. The highest BCUT2D eigenvalue weighted by Crippen LogP contribution is 1.84. The first-order valence-corrected chi connectivity index (χ1v) is 3.80. The van der Waals surface area contributed by atoms with Gasteiger partial charge in [-0.2, -0.15) is 0 Å². The zero-order valence-electron chi connectivity index (χ0n) is 6.74. The molecule has 0 aliphatic rings. The molecule has 0 aromatic rings. The lowest BCUT2D eigenvalue weighted by Crippen LogP contribution is -1.99. The van der Waals surface area contributed by atoms with Gasteiger partial charge in [0, 0.05) is 19.0 Å². The van der Waals surface area contributed by atoms with E-state index in [0.29, 0.717) is 6.67 Å². The van der Waals surface area contributed by atoms with Crippen molar-refractivity contribution in [1.29, 1.82) is 0 Å². The number of hydrogen-bond acceptors (Lipinski definition) is 4. The molecule has 11 heavy (non-hydrogen) atoms. The molecule has 0 saturated carbocycles. The van der Waals surface area contributed by atoms with E-state index in [1.807, 2.05) is 0 Å². The third-order valence-corrected chi connectivity index (χ3v) is 1.12. The van der Waals surface area contributed by atoms with Crippen LogP contribution in [0.25, 0.3) is 0 Å². The first-order valence-electron chi connectivity index (χ1n) is 3.80. The van der Waals surface area contributed by atoms with Gasteiger partial charge in [0.1, 0.15) is 0 Å². The number of rotatable bonds is 6. The van der Waals surface area contributed by atoms with Crippen LogP contribution >= 0.6 is 0 Å². The lowest BCUT2D eigenvalue weighted by Gasteiger charge is -1.89. The molecule has 4 heteroatoms. The summed E-state index contributed by atoms with van der Waals surface area (Å²) >= 11 is 0. The molecule has 0 unspecified atom stereocenters. The molecule has 0 aromatic carbocycles. The molecule has 0 bridgehead atoms. The van der Waals surface area contributed by atoms with Gasteiger partial charge in [0.05, 0.1) is 6.67 Å². The quantitative estimate of drug-likeness (QED) is 0.412. The average molecular weight is 156 g/mol. The summed E-state index contributed by atoms with van der Waals surface area (Å²) in [6.07, 6.45) is 5.36. The van der Waals surface area contributed by atoms with Crippen LogP contribution in [0.4, 0.5) is 0 Å². The third kappa shape index (κ3) is 9.26. The van der Waals surface area contributed by atoms with E-state index in [0.717, 1.165) is 25.9 Å². The van der Waals surface area contributed by atoms with Crippen LogP contribution in [-0.2, 0) is 0 Å². The molecule has 0 heterocycles. The van der Waals surface area contributed by atoms with Gasteiger partial charge >= 0.3 is 0 Å². The van der Waals surface area contributed by atoms with Gasteiger partial charge < -0.3 is 11.5 Å². The molecule has 0 amide bonds. The van der Waals surface area contributed by atoms with Gasteiger partial charge in [-0.3, -0.25) is 9.98 Å². The summed E-state index contributed by atoms with van der Waals surface area (Å²) in [4.78, 5) is 7.83. The van der Waals surface area contributed by atoms with Crippen molar-refractivity contribution in [1.82, 2.24) is 0 Å². The van der Waals surface area contributed by atoms with Gasteiger partial charge in [-0.25, -0.2) is 0 Å². The second-order valence-corrected chi connectivity index (χ2v) is 2.07. The molecule has 0 aliphatic carbocycles. The maximum atomic E-state index is 5.30. The van der Waals surface area contributed by atoms with Crippen LogP contribution in [0.3, 0.4) is 0 Å². The monoisotopic (exact) mass is 156 g/mol. The minimum absolute atomic E-state index is 0.328. The Morgan fingerprint density at radius 3 is 2.36 bits per heavy atom. The van der Waals surface area contributed by atoms with Crippen molar-refractivity contribution < 1.29 is 0 Å².